The monoisotopic (exact) mass is 329 g/mol. The van der Waals surface area contributed by atoms with E-state index in [0.29, 0.717) is 12.6 Å². The van der Waals surface area contributed by atoms with E-state index in [1.807, 2.05) is 18.2 Å². The lowest BCUT2D eigenvalue weighted by molar-refractivity contribution is -0.141. The molecule has 2 atom stereocenters. The molecule has 5 nitrogen and oxygen atoms in total. The van der Waals surface area contributed by atoms with E-state index in [0.717, 1.165) is 44.7 Å². The van der Waals surface area contributed by atoms with E-state index >= 15 is 0 Å². The molecule has 2 aliphatic heterocycles. The number of amides is 1. The Balaban J connectivity index is 1.38. The van der Waals surface area contributed by atoms with Crippen molar-refractivity contribution in [2.24, 2.45) is 5.41 Å². The summed E-state index contributed by atoms with van der Waals surface area (Å²) in [7, 11) is 0. The zero-order valence-electron chi connectivity index (χ0n) is 14.2. The Hall–Kier alpha value is -1.46. The van der Waals surface area contributed by atoms with Gasteiger partial charge in [-0.3, -0.25) is 14.7 Å². The number of fused-ring (bicyclic) bond motifs is 1. The Kier molecular flexibility index (Phi) is 4.55. The normalized spacial score (nSPS) is 30.6. The number of nitrogens with one attached hydrogen (secondary N) is 1. The number of likely N-dealkylation sites (tertiary alicyclic amines) is 1. The largest absolute Gasteiger partial charge is 0.377 e. The van der Waals surface area contributed by atoms with Gasteiger partial charge in [0.1, 0.15) is 0 Å². The van der Waals surface area contributed by atoms with Crippen LogP contribution in [0.3, 0.4) is 0 Å². The number of pyridine rings is 1. The number of piperidine rings is 1. The van der Waals surface area contributed by atoms with Crippen LogP contribution in [0.4, 0.5) is 0 Å². The SMILES string of the molecule is O=C(NCCc1ccccn1)[C@@]12CCO[C@@H]1CCN(C1CCC1)C2. The lowest BCUT2D eigenvalue weighted by Gasteiger charge is -2.47. The van der Waals surface area contributed by atoms with Crippen molar-refractivity contribution in [3.05, 3.63) is 30.1 Å². The Morgan fingerprint density at radius 2 is 2.29 bits per heavy atom. The van der Waals surface area contributed by atoms with Gasteiger partial charge in [0.2, 0.25) is 5.91 Å². The highest BCUT2D eigenvalue weighted by Crippen LogP contribution is 2.43. The molecule has 1 N–H and O–H groups in total. The first-order valence-corrected chi connectivity index (χ1v) is 9.32. The van der Waals surface area contributed by atoms with Crippen molar-refractivity contribution in [3.8, 4) is 0 Å². The number of aromatic nitrogens is 1. The summed E-state index contributed by atoms with van der Waals surface area (Å²) in [6.45, 7) is 3.32. The summed E-state index contributed by atoms with van der Waals surface area (Å²) in [6.07, 6.45) is 8.45. The number of nitrogens with zero attached hydrogens (tertiary/aromatic N) is 2. The van der Waals surface area contributed by atoms with Crippen molar-refractivity contribution in [2.75, 3.05) is 26.2 Å². The third kappa shape index (κ3) is 2.95. The average molecular weight is 329 g/mol. The fourth-order valence-electron chi connectivity index (χ4n) is 4.39. The van der Waals surface area contributed by atoms with E-state index in [2.05, 4.69) is 15.2 Å². The van der Waals surface area contributed by atoms with E-state index in [9.17, 15) is 4.79 Å². The Labute approximate surface area is 143 Å². The van der Waals surface area contributed by atoms with Crippen molar-refractivity contribution < 1.29 is 9.53 Å². The molecule has 1 aromatic rings. The summed E-state index contributed by atoms with van der Waals surface area (Å²) < 4.78 is 5.93. The number of hydrogen-bond donors (Lipinski definition) is 1. The van der Waals surface area contributed by atoms with Gasteiger partial charge in [-0.05, 0) is 37.8 Å². The first-order chi connectivity index (χ1) is 11.8. The summed E-state index contributed by atoms with van der Waals surface area (Å²) in [4.78, 5) is 19.9. The van der Waals surface area contributed by atoms with Crippen molar-refractivity contribution in [3.63, 3.8) is 0 Å². The van der Waals surface area contributed by atoms with E-state index in [-0.39, 0.29) is 17.4 Å². The van der Waals surface area contributed by atoms with Gasteiger partial charge in [0.25, 0.3) is 0 Å². The molecule has 5 heteroatoms. The third-order valence-electron chi connectivity index (χ3n) is 6.08. The highest BCUT2D eigenvalue weighted by molar-refractivity contribution is 5.84. The first kappa shape index (κ1) is 16.0. The number of rotatable bonds is 5. The molecule has 130 valence electrons. The predicted molar refractivity (Wildman–Crippen MR) is 91.6 cm³/mol. The zero-order chi connectivity index (χ0) is 16.4. The quantitative estimate of drug-likeness (QED) is 0.895. The molecule has 0 bridgehead atoms. The number of hydrogen-bond acceptors (Lipinski definition) is 4. The maximum Gasteiger partial charge on any atom is 0.230 e. The van der Waals surface area contributed by atoms with Crippen molar-refractivity contribution in [2.45, 2.75) is 50.7 Å². The van der Waals surface area contributed by atoms with Gasteiger partial charge in [0.15, 0.2) is 0 Å². The summed E-state index contributed by atoms with van der Waals surface area (Å²) in [6, 6.07) is 6.61. The lowest BCUT2D eigenvalue weighted by Crippen LogP contribution is -2.60. The van der Waals surface area contributed by atoms with Crippen LogP contribution in [0.25, 0.3) is 0 Å². The molecule has 3 aliphatic rings. The first-order valence-electron chi connectivity index (χ1n) is 9.32. The molecule has 3 heterocycles. The minimum Gasteiger partial charge on any atom is -0.377 e. The minimum absolute atomic E-state index is 0.101. The van der Waals surface area contributed by atoms with Crippen LogP contribution in [0, 0.1) is 5.41 Å². The second kappa shape index (κ2) is 6.81. The maximum absolute atomic E-state index is 13.0. The van der Waals surface area contributed by atoms with Crippen LogP contribution in [0.1, 0.15) is 37.8 Å². The number of ether oxygens (including phenoxy) is 1. The average Bonchev–Trinajstić information content (AvgIpc) is 2.99. The summed E-state index contributed by atoms with van der Waals surface area (Å²) in [5, 5.41) is 3.17. The van der Waals surface area contributed by atoms with E-state index in [4.69, 9.17) is 4.74 Å². The van der Waals surface area contributed by atoms with Crippen LogP contribution in [-0.2, 0) is 16.0 Å². The summed E-state index contributed by atoms with van der Waals surface area (Å²) in [5.74, 6) is 0.185. The zero-order valence-corrected chi connectivity index (χ0v) is 14.2. The summed E-state index contributed by atoms with van der Waals surface area (Å²) in [5.41, 5.74) is 0.687. The Bertz CT molecular complexity index is 575. The molecule has 1 saturated carbocycles. The topological polar surface area (TPSA) is 54.5 Å². The van der Waals surface area contributed by atoms with Gasteiger partial charge in [-0.25, -0.2) is 0 Å². The Morgan fingerprint density at radius 3 is 3.04 bits per heavy atom. The van der Waals surface area contributed by atoms with Crippen molar-refractivity contribution >= 4 is 5.91 Å². The van der Waals surface area contributed by atoms with E-state index in [1.165, 1.54) is 19.3 Å². The molecule has 0 aromatic carbocycles. The van der Waals surface area contributed by atoms with Gasteiger partial charge in [-0.1, -0.05) is 12.5 Å². The molecule has 0 radical (unpaired) electrons. The number of carbonyl (C=O) groups is 1. The van der Waals surface area contributed by atoms with Crippen LogP contribution >= 0.6 is 0 Å². The molecule has 1 aliphatic carbocycles. The van der Waals surface area contributed by atoms with Crippen LogP contribution in [0.2, 0.25) is 0 Å². The lowest BCUT2D eigenvalue weighted by atomic mass is 9.74. The molecule has 2 saturated heterocycles. The Morgan fingerprint density at radius 1 is 1.38 bits per heavy atom. The molecular formula is C19H27N3O2. The molecule has 0 unspecified atom stereocenters. The second-order valence-corrected chi connectivity index (χ2v) is 7.44. The predicted octanol–water partition coefficient (Wildman–Crippen LogP) is 1.77. The summed E-state index contributed by atoms with van der Waals surface area (Å²) >= 11 is 0. The van der Waals surface area contributed by atoms with Crippen molar-refractivity contribution in [1.82, 2.24) is 15.2 Å². The van der Waals surface area contributed by atoms with Gasteiger partial charge in [-0.15, -0.1) is 0 Å². The standard InChI is InChI=1S/C19H27N3O2/c23-18(21-11-7-15-4-1-2-10-20-15)19-9-13-24-17(19)8-12-22(14-19)16-5-3-6-16/h1-2,4,10,16-17H,3,5-9,11-14H2,(H,21,23)/t17-,19-/m1/s1. The number of carbonyl (C=O) groups excluding carboxylic acids is 1. The van der Waals surface area contributed by atoms with E-state index < -0.39 is 0 Å². The molecule has 0 spiro atoms. The fourth-order valence-corrected chi connectivity index (χ4v) is 4.39. The van der Waals surface area contributed by atoms with Crippen LogP contribution in [0.5, 0.6) is 0 Å². The minimum atomic E-state index is -0.335. The van der Waals surface area contributed by atoms with Crippen LogP contribution < -0.4 is 5.32 Å². The highest BCUT2D eigenvalue weighted by Gasteiger charge is 2.54. The van der Waals surface area contributed by atoms with Crippen LogP contribution in [-0.4, -0.2) is 54.2 Å². The second-order valence-electron chi connectivity index (χ2n) is 7.44. The third-order valence-corrected chi connectivity index (χ3v) is 6.08. The molecule has 1 amide bonds. The smallest absolute Gasteiger partial charge is 0.230 e. The molecule has 4 rings (SSSR count). The van der Waals surface area contributed by atoms with Gasteiger partial charge in [0.05, 0.1) is 11.5 Å². The molecule has 24 heavy (non-hydrogen) atoms. The molecular weight excluding hydrogens is 302 g/mol. The van der Waals surface area contributed by atoms with Gasteiger partial charge < -0.3 is 10.1 Å². The molecule has 3 fully saturated rings. The van der Waals surface area contributed by atoms with Gasteiger partial charge in [-0.2, -0.15) is 0 Å². The fraction of sp³-hybridized carbons (Fsp3) is 0.684. The van der Waals surface area contributed by atoms with Gasteiger partial charge >= 0.3 is 0 Å². The van der Waals surface area contributed by atoms with Crippen molar-refractivity contribution in [1.29, 1.82) is 0 Å². The van der Waals surface area contributed by atoms with Gasteiger partial charge in [0, 0.05) is 50.6 Å². The van der Waals surface area contributed by atoms with Crippen LogP contribution in [0.15, 0.2) is 24.4 Å². The molecule has 1 aromatic heterocycles. The highest BCUT2D eigenvalue weighted by atomic mass is 16.5. The maximum atomic E-state index is 13.0. The van der Waals surface area contributed by atoms with E-state index in [1.54, 1.807) is 6.20 Å².